The van der Waals surface area contributed by atoms with Crippen LogP contribution in [-0.2, 0) is 4.74 Å². The SMILES string of the molecule is CC(N)(CO)CCCCN1CCOC2CCCCC21. The predicted molar refractivity (Wildman–Crippen MR) is 77.1 cm³/mol. The molecule has 3 N–H and O–H groups in total. The largest absolute Gasteiger partial charge is 0.394 e. The highest BCUT2D eigenvalue weighted by Crippen LogP contribution is 2.28. The molecule has 112 valence electrons. The third-order valence-electron chi connectivity index (χ3n) is 4.65. The van der Waals surface area contributed by atoms with E-state index >= 15 is 0 Å². The van der Waals surface area contributed by atoms with Crippen LogP contribution in [0.3, 0.4) is 0 Å². The monoisotopic (exact) mass is 270 g/mol. The maximum absolute atomic E-state index is 9.14. The summed E-state index contributed by atoms with van der Waals surface area (Å²) in [5, 5.41) is 9.14. The smallest absolute Gasteiger partial charge is 0.0730 e. The molecule has 0 aromatic heterocycles. The molecular formula is C15H30N2O2. The first-order valence-electron chi connectivity index (χ1n) is 7.88. The molecule has 1 aliphatic heterocycles. The molecule has 2 rings (SSSR count). The number of nitrogens with zero attached hydrogens (tertiary/aromatic N) is 1. The van der Waals surface area contributed by atoms with Crippen molar-refractivity contribution in [3.05, 3.63) is 0 Å². The molecule has 0 aromatic carbocycles. The molecule has 2 aliphatic rings. The van der Waals surface area contributed by atoms with Gasteiger partial charge in [-0.25, -0.2) is 0 Å². The topological polar surface area (TPSA) is 58.7 Å². The van der Waals surface area contributed by atoms with Gasteiger partial charge < -0.3 is 15.6 Å². The van der Waals surface area contributed by atoms with Gasteiger partial charge in [-0.3, -0.25) is 4.90 Å². The average Bonchev–Trinajstić information content (AvgIpc) is 2.44. The summed E-state index contributed by atoms with van der Waals surface area (Å²) in [7, 11) is 0. The summed E-state index contributed by atoms with van der Waals surface area (Å²) in [6, 6.07) is 0.657. The fraction of sp³-hybridized carbons (Fsp3) is 1.00. The predicted octanol–water partition coefficient (Wildman–Crippen LogP) is 1.51. The summed E-state index contributed by atoms with van der Waals surface area (Å²) < 4.78 is 5.90. The zero-order valence-electron chi connectivity index (χ0n) is 12.3. The molecule has 4 nitrogen and oxygen atoms in total. The molecule has 0 spiro atoms. The van der Waals surface area contributed by atoms with E-state index in [4.69, 9.17) is 15.6 Å². The van der Waals surface area contributed by atoms with E-state index in [-0.39, 0.29) is 6.61 Å². The van der Waals surface area contributed by atoms with E-state index in [0.29, 0.717) is 12.1 Å². The Morgan fingerprint density at radius 3 is 2.89 bits per heavy atom. The first-order valence-corrected chi connectivity index (χ1v) is 7.88. The molecular weight excluding hydrogens is 240 g/mol. The van der Waals surface area contributed by atoms with Gasteiger partial charge in [0.15, 0.2) is 0 Å². The summed E-state index contributed by atoms with van der Waals surface area (Å²) in [5.41, 5.74) is 5.55. The number of hydrogen-bond donors (Lipinski definition) is 2. The number of morpholine rings is 1. The minimum atomic E-state index is -0.404. The molecule has 3 atom stereocenters. The molecule has 1 heterocycles. The number of unbranched alkanes of at least 4 members (excludes halogenated alkanes) is 1. The van der Waals surface area contributed by atoms with Gasteiger partial charge in [-0.05, 0) is 39.2 Å². The lowest BCUT2D eigenvalue weighted by Crippen LogP contribution is -2.52. The van der Waals surface area contributed by atoms with Crippen molar-refractivity contribution < 1.29 is 9.84 Å². The van der Waals surface area contributed by atoms with Crippen LogP contribution in [-0.4, -0.2) is 54.0 Å². The molecule has 0 radical (unpaired) electrons. The van der Waals surface area contributed by atoms with Crippen molar-refractivity contribution in [1.82, 2.24) is 4.90 Å². The number of aliphatic hydroxyl groups is 1. The van der Waals surface area contributed by atoms with Crippen molar-refractivity contribution in [2.45, 2.75) is 69.6 Å². The van der Waals surface area contributed by atoms with Gasteiger partial charge >= 0.3 is 0 Å². The van der Waals surface area contributed by atoms with Crippen LogP contribution in [0, 0.1) is 0 Å². The molecule has 19 heavy (non-hydrogen) atoms. The number of rotatable bonds is 6. The fourth-order valence-corrected chi connectivity index (χ4v) is 3.38. The van der Waals surface area contributed by atoms with Gasteiger partial charge in [0.25, 0.3) is 0 Å². The molecule has 0 amide bonds. The first-order chi connectivity index (χ1) is 9.12. The number of fused-ring (bicyclic) bond motifs is 1. The molecule has 3 unspecified atom stereocenters. The number of hydrogen-bond acceptors (Lipinski definition) is 4. The second-order valence-corrected chi connectivity index (χ2v) is 6.57. The molecule has 1 saturated carbocycles. The quantitative estimate of drug-likeness (QED) is 0.718. The Kier molecular flexibility index (Phi) is 5.63. The van der Waals surface area contributed by atoms with E-state index in [9.17, 15) is 0 Å². The number of nitrogens with two attached hydrogens (primary N) is 1. The van der Waals surface area contributed by atoms with E-state index < -0.39 is 5.54 Å². The van der Waals surface area contributed by atoms with Crippen molar-refractivity contribution >= 4 is 0 Å². The van der Waals surface area contributed by atoms with Crippen LogP contribution in [0.4, 0.5) is 0 Å². The van der Waals surface area contributed by atoms with Gasteiger partial charge in [-0.2, -0.15) is 0 Å². The Morgan fingerprint density at radius 2 is 2.11 bits per heavy atom. The second kappa shape index (κ2) is 7.02. The lowest BCUT2D eigenvalue weighted by molar-refractivity contribution is -0.0883. The zero-order valence-corrected chi connectivity index (χ0v) is 12.3. The minimum absolute atomic E-state index is 0.0786. The van der Waals surface area contributed by atoms with Crippen molar-refractivity contribution in [3.8, 4) is 0 Å². The van der Waals surface area contributed by atoms with Crippen molar-refractivity contribution in [1.29, 1.82) is 0 Å². The van der Waals surface area contributed by atoms with E-state index in [0.717, 1.165) is 32.5 Å². The summed E-state index contributed by atoms with van der Waals surface area (Å²) in [5.74, 6) is 0. The van der Waals surface area contributed by atoms with Crippen molar-refractivity contribution in [2.75, 3.05) is 26.3 Å². The Balaban J connectivity index is 1.70. The lowest BCUT2D eigenvalue weighted by Gasteiger charge is -2.44. The van der Waals surface area contributed by atoms with Gasteiger partial charge in [0, 0.05) is 18.1 Å². The van der Waals surface area contributed by atoms with E-state index in [1.54, 1.807) is 0 Å². The number of ether oxygens (including phenoxy) is 1. The van der Waals surface area contributed by atoms with E-state index in [2.05, 4.69) is 4.90 Å². The summed E-state index contributed by atoms with van der Waals surface area (Å²) in [4.78, 5) is 2.63. The minimum Gasteiger partial charge on any atom is -0.394 e. The summed E-state index contributed by atoms with van der Waals surface area (Å²) in [6.45, 7) is 5.15. The summed E-state index contributed by atoms with van der Waals surface area (Å²) in [6.07, 6.45) is 8.89. The average molecular weight is 270 g/mol. The highest BCUT2D eigenvalue weighted by molar-refractivity contribution is 4.87. The third kappa shape index (κ3) is 4.42. The van der Waals surface area contributed by atoms with Crippen molar-refractivity contribution in [3.63, 3.8) is 0 Å². The highest BCUT2D eigenvalue weighted by Gasteiger charge is 2.33. The standard InChI is InChI=1S/C15H30N2O2/c1-15(16,12-18)8-4-5-9-17-10-11-19-14-7-3-2-6-13(14)17/h13-14,18H,2-12,16H2,1H3. The fourth-order valence-electron chi connectivity index (χ4n) is 3.38. The van der Waals surface area contributed by atoms with Gasteiger partial charge in [0.2, 0.25) is 0 Å². The Hall–Kier alpha value is -0.160. The second-order valence-electron chi connectivity index (χ2n) is 6.57. The van der Waals surface area contributed by atoms with E-state index in [1.807, 2.05) is 6.92 Å². The number of aliphatic hydroxyl groups excluding tert-OH is 1. The van der Waals surface area contributed by atoms with Crippen LogP contribution >= 0.6 is 0 Å². The normalized spacial score (nSPS) is 31.7. The summed E-state index contributed by atoms with van der Waals surface area (Å²) >= 11 is 0. The van der Waals surface area contributed by atoms with Gasteiger partial charge in [-0.15, -0.1) is 0 Å². The zero-order chi connectivity index (χ0) is 13.7. The van der Waals surface area contributed by atoms with E-state index in [1.165, 1.54) is 32.1 Å². The Morgan fingerprint density at radius 1 is 1.32 bits per heavy atom. The van der Waals surface area contributed by atoms with Crippen LogP contribution in [0.2, 0.25) is 0 Å². The molecule has 0 bridgehead atoms. The van der Waals surface area contributed by atoms with Crippen LogP contribution in [0.5, 0.6) is 0 Å². The lowest BCUT2D eigenvalue weighted by atomic mass is 9.90. The molecule has 2 fully saturated rings. The maximum atomic E-state index is 9.14. The van der Waals surface area contributed by atoms with Gasteiger partial charge in [0.1, 0.15) is 0 Å². The molecule has 4 heteroatoms. The van der Waals surface area contributed by atoms with Gasteiger partial charge in [-0.1, -0.05) is 19.3 Å². The molecule has 1 aliphatic carbocycles. The maximum Gasteiger partial charge on any atom is 0.0730 e. The van der Waals surface area contributed by atoms with Crippen LogP contribution in [0.15, 0.2) is 0 Å². The molecule has 0 aromatic rings. The molecule has 1 saturated heterocycles. The third-order valence-corrected chi connectivity index (χ3v) is 4.65. The Bertz CT molecular complexity index is 269. The van der Waals surface area contributed by atoms with Crippen LogP contribution in [0.1, 0.15) is 51.9 Å². The van der Waals surface area contributed by atoms with Gasteiger partial charge in [0.05, 0.1) is 19.3 Å². The van der Waals surface area contributed by atoms with Crippen molar-refractivity contribution in [2.24, 2.45) is 5.73 Å². The Labute approximate surface area is 117 Å². The first kappa shape index (κ1) is 15.2. The van der Waals surface area contributed by atoms with Crippen LogP contribution < -0.4 is 5.73 Å². The highest BCUT2D eigenvalue weighted by atomic mass is 16.5. The van der Waals surface area contributed by atoms with Crippen LogP contribution in [0.25, 0.3) is 0 Å².